The average molecular weight is 481 g/mol. The van der Waals surface area contributed by atoms with E-state index in [1.54, 1.807) is 18.7 Å². The van der Waals surface area contributed by atoms with Crippen molar-refractivity contribution in [1.29, 1.82) is 0 Å². The number of carbonyl (C=O) groups is 3. The van der Waals surface area contributed by atoms with Gasteiger partial charge in [-0.05, 0) is 57.7 Å². The second-order valence-electron chi connectivity index (χ2n) is 10.0. The van der Waals surface area contributed by atoms with Gasteiger partial charge in [0.15, 0.2) is 5.69 Å². The first-order valence-corrected chi connectivity index (χ1v) is 12.7. The van der Waals surface area contributed by atoms with Gasteiger partial charge in [0.1, 0.15) is 11.2 Å². The minimum atomic E-state index is -1.22. The van der Waals surface area contributed by atoms with E-state index < -0.39 is 11.5 Å². The Morgan fingerprint density at radius 3 is 2.49 bits per heavy atom. The van der Waals surface area contributed by atoms with E-state index in [1.165, 1.54) is 30.0 Å². The van der Waals surface area contributed by atoms with Crippen molar-refractivity contribution in [3.63, 3.8) is 0 Å². The predicted octanol–water partition coefficient (Wildman–Crippen LogP) is 4.32. The van der Waals surface area contributed by atoms with Crippen molar-refractivity contribution < 1.29 is 19.1 Å². The molecular formula is C27H36N4O4. The third-order valence-corrected chi connectivity index (χ3v) is 7.17. The van der Waals surface area contributed by atoms with Gasteiger partial charge in [-0.1, -0.05) is 44.2 Å². The van der Waals surface area contributed by atoms with Gasteiger partial charge in [0.05, 0.1) is 13.2 Å². The minimum absolute atomic E-state index is 0.0702. The maximum atomic E-state index is 13.9. The Labute approximate surface area is 207 Å². The molecule has 2 aromatic rings. The molecule has 8 heteroatoms. The number of ether oxygens (including phenoxy) is 1. The lowest BCUT2D eigenvalue weighted by molar-refractivity contribution is -0.127. The van der Waals surface area contributed by atoms with E-state index in [-0.39, 0.29) is 42.4 Å². The van der Waals surface area contributed by atoms with E-state index in [0.29, 0.717) is 5.69 Å². The van der Waals surface area contributed by atoms with Gasteiger partial charge in [-0.3, -0.25) is 19.2 Å². The normalized spacial score (nSPS) is 21.1. The van der Waals surface area contributed by atoms with Crippen LogP contribution >= 0.6 is 0 Å². The Balaban J connectivity index is 1.74. The average Bonchev–Trinajstić information content (AvgIpc) is 3.22. The number of hydrogen-bond donors (Lipinski definition) is 1. The van der Waals surface area contributed by atoms with Crippen LogP contribution in [0.5, 0.6) is 0 Å². The van der Waals surface area contributed by atoms with Crippen LogP contribution in [0.15, 0.2) is 24.3 Å². The number of aryl methyl sites for hydroxylation is 2. The molecule has 1 N–H and O–H groups in total. The highest BCUT2D eigenvalue weighted by Gasteiger charge is 2.50. The molecule has 1 fully saturated rings. The van der Waals surface area contributed by atoms with Crippen LogP contribution < -0.4 is 10.2 Å². The maximum Gasteiger partial charge on any atom is 0.358 e. The van der Waals surface area contributed by atoms with Crippen LogP contribution in [0.1, 0.15) is 90.9 Å². The highest BCUT2D eigenvalue weighted by atomic mass is 16.5. The molecule has 2 aliphatic rings. The van der Waals surface area contributed by atoms with Gasteiger partial charge in [0.2, 0.25) is 5.91 Å². The van der Waals surface area contributed by atoms with E-state index in [1.807, 2.05) is 32.0 Å². The largest absolute Gasteiger partial charge is 0.461 e. The zero-order chi connectivity index (χ0) is 25.2. The highest BCUT2D eigenvalue weighted by Crippen LogP contribution is 2.35. The summed E-state index contributed by atoms with van der Waals surface area (Å²) in [5.74, 6) is -1.14. The number of anilines is 1. The molecule has 1 aliphatic carbocycles. The fraction of sp³-hybridized carbons (Fsp3) is 0.556. The van der Waals surface area contributed by atoms with Gasteiger partial charge in [0, 0.05) is 17.8 Å². The minimum Gasteiger partial charge on any atom is -0.461 e. The molecule has 4 rings (SSSR count). The Morgan fingerprint density at radius 2 is 1.80 bits per heavy atom. The molecule has 1 atom stereocenters. The molecule has 2 heterocycles. The highest BCUT2D eigenvalue weighted by molar-refractivity contribution is 6.12. The predicted molar refractivity (Wildman–Crippen MR) is 134 cm³/mol. The SMILES string of the molecule is CCOC(=O)c1cc2n(n1)CC(C)(C(=O)NC1CCCCCCC1)N(c1cc(C)ccc1C)C2=O. The summed E-state index contributed by atoms with van der Waals surface area (Å²) < 4.78 is 6.57. The van der Waals surface area contributed by atoms with Gasteiger partial charge in [-0.2, -0.15) is 5.10 Å². The van der Waals surface area contributed by atoms with Gasteiger partial charge in [-0.15, -0.1) is 0 Å². The van der Waals surface area contributed by atoms with Crippen LogP contribution in [0.25, 0.3) is 0 Å². The molecule has 1 aliphatic heterocycles. The van der Waals surface area contributed by atoms with Crippen LogP contribution in [0.4, 0.5) is 5.69 Å². The molecule has 2 amide bonds. The summed E-state index contributed by atoms with van der Waals surface area (Å²) in [4.78, 5) is 41.8. The molecule has 1 aromatic heterocycles. The first-order valence-electron chi connectivity index (χ1n) is 12.7. The number of carbonyl (C=O) groups excluding carboxylic acids is 3. The lowest BCUT2D eigenvalue weighted by atomic mass is 9.91. The van der Waals surface area contributed by atoms with Crippen molar-refractivity contribution in [3.8, 4) is 0 Å². The van der Waals surface area contributed by atoms with Crippen molar-refractivity contribution in [3.05, 3.63) is 46.8 Å². The van der Waals surface area contributed by atoms with Gasteiger partial charge >= 0.3 is 5.97 Å². The maximum absolute atomic E-state index is 13.9. The molecule has 188 valence electrons. The summed E-state index contributed by atoms with van der Waals surface area (Å²) in [6.45, 7) is 7.76. The standard InChI is InChI=1S/C27H36N4O4/c1-5-35-25(33)21-16-23-24(32)31(22-15-18(2)13-14-19(22)3)27(4,17-30(23)29-21)26(34)28-20-11-9-7-6-8-10-12-20/h13-16,20H,5-12,17H2,1-4H3,(H,28,34). The third-order valence-electron chi connectivity index (χ3n) is 7.17. The summed E-state index contributed by atoms with van der Waals surface area (Å²) in [6, 6.07) is 7.44. The summed E-state index contributed by atoms with van der Waals surface area (Å²) in [7, 11) is 0. The van der Waals surface area contributed by atoms with Gasteiger partial charge in [-0.25, -0.2) is 4.79 Å². The topological polar surface area (TPSA) is 93.5 Å². The summed E-state index contributed by atoms with van der Waals surface area (Å²) in [6.07, 6.45) is 7.69. The van der Waals surface area contributed by atoms with E-state index in [9.17, 15) is 14.4 Å². The molecule has 1 saturated carbocycles. The summed E-state index contributed by atoms with van der Waals surface area (Å²) in [5, 5.41) is 7.62. The van der Waals surface area contributed by atoms with E-state index in [4.69, 9.17) is 4.74 Å². The quantitative estimate of drug-likeness (QED) is 0.643. The van der Waals surface area contributed by atoms with Gasteiger partial charge in [0.25, 0.3) is 5.91 Å². The Morgan fingerprint density at radius 1 is 1.11 bits per heavy atom. The summed E-state index contributed by atoms with van der Waals surface area (Å²) >= 11 is 0. The fourth-order valence-electron chi connectivity index (χ4n) is 5.17. The second kappa shape index (κ2) is 10.2. The molecule has 1 unspecified atom stereocenters. The molecule has 1 aromatic carbocycles. The molecule has 0 spiro atoms. The lowest BCUT2D eigenvalue weighted by Gasteiger charge is -2.44. The van der Waals surface area contributed by atoms with Crippen molar-refractivity contribution in [2.24, 2.45) is 0 Å². The molecular weight excluding hydrogens is 444 g/mol. The molecule has 8 nitrogen and oxygen atoms in total. The Bertz CT molecular complexity index is 1120. The Hall–Kier alpha value is -3.16. The van der Waals surface area contributed by atoms with Crippen molar-refractivity contribution in [1.82, 2.24) is 15.1 Å². The molecule has 0 saturated heterocycles. The fourth-order valence-corrected chi connectivity index (χ4v) is 5.17. The number of fused-ring (bicyclic) bond motifs is 1. The van der Waals surface area contributed by atoms with Crippen LogP contribution in [0, 0.1) is 13.8 Å². The van der Waals surface area contributed by atoms with Crippen molar-refractivity contribution >= 4 is 23.5 Å². The van der Waals surface area contributed by atoms with E-state index >= 15 is 0 Å². The number of esters is 1. The zero-order valence-electron chi connectivity index (χ0n) is 21.2. The smallest absolute Gasteiger partial charge is 0.358 e. The molecule has 0 bridgehead atoms. The molecule has 35 heavy (non-hydrogen) atoms. The van der Waals surface area contributed by atoms with Crippen molar-refractivity contribution in [2.45, 2.75) is 90.8 Å². The molecule has 0 radical (unpaired) electrons. The number of nitrogens with one attached hydrogen (secondary N) is 1. The van der Waals surface area contributed by atoms with Crippen LogP contribution in [-0.2, 0) is 16.1 Å². The first kappa shape index (κ1) is 24.9. The van der Waals surface area contributed by atoms with Crippen LogP contribution in [0.2, 0.25) is 0 Å². The number of nitrogens with zero attached hydrogens (tertiary/aromatic N) is 3. The van der Waals surface area contributed by atoms with Gasteiger partial charge < -0.3 is 10.1 Å². The van der Waals surface area contributed by atoms with E-state index in [2.05, 4.69) is 10.4 Å². The monoisotopic (exact) mass is 480 g/mol. The summed E-state index contributed by atoms with van der Waals surface area (Å²) in [5.41, 5.74) is 1.70. The zero-order valence-corrected chi connectivity index (χ0v) is 21.2. The van der Waals surface area contributed by atoms with Crippen molar-refractivity contribution in [2.75, 3.05) is 11.5 Å². The number of benzene rings is 1. The Kier molecular flexibility index (Phi) is 7.28. The van der Waals surface area contributed by atoms with Crippen LogP contribution in [-0.4, -0.2) is 45.8 Å². The number of rotatable bonds is 5. The number of hydrogen-bond acceptors (Lipinski definition) is 5. The number of aromatic nitrogens is 2. The lowest BCUT2D eigenvalue weighted by Crippen LogP contribution is -2.65. The van der Waals surface area contributed by atoms with E-state index in [0.717, 1.165) is 36.8 Å². The number of amides is 2. The third kappa shape index (κ3) is 4.97. The van der Waals surface area contributed by atoms with Crippen LogP contribution in [0.3, 0.4) is 0 Å². The second-order valence-corrected chi connectivity index (χ2v) is 10.0. The first-order chi connectivity index (χ1) is 16.7.